The van der Waals surface area contributed by atoms with Crippen LogP contribution in [0.25, 0.3) is 11.1 Å². The Kier molecular flexibility index (Phi) is 6.17. The second kappa shape index (κ2) is 8.79. The van der Waals surface area contributed by atoms with Crippen LogP contribution < -0.4 is 20.8 Å². The van der Waals surface area contributed by atoms with Crippen molar-refractivity contribution in [2.45, 2.75) is 6.61 Å². The first kappa shape index (κ1) is 21.1. The van der Waals surface area contributed by atoms with Crippen LogP contribution in [0.1, 0.15) is 16.7 Å². The quantitative estimate of drug-likeness (QED) is 0.610. The molecule has 0 aliphatic rings. The zero-order valence-electron chi connectivity index (χ0n) is 15.6. The molecule has 0 atom stereocenters. The van der Waals surface area contributed by atoms with Crippen molar-refractivity contribution in [3.63, 3.8) is 0 Å². The fourth-order valence-electron chi connectivity index (χ4n) is 2.87. The number of benzene rings is 2. The standard InChI is InChI=1S/C21H14Cl2N4O3/c1-29-18-6-11(19-14(8-24)20(26)27-21(28)15(19)9-25)3-5-17(18)30-10-12-2-4-13(22)7-16(12)23/h2-7H,10H2,1H3,(H3,26,27,28). The topological polar surface area (TPSA) is 125 Å². The van der Waals surface area contributed by atoms with Crippen molar-refractivity contribution in [1.29, 1.82) is 10.5 Å². The Hall–Kier alpha value is -3.65. The van der Waals surface area contributed by atoms with E-state index in [0.29, 0.717) is 27.1 Å². The van der Waals surface area contributed by atoms with E-state index in [1.165, 1.54) is 7.11 Å². The molecule has 1 aromatic heterocycles. The van der Waals surface area contributed by atoms with Crippen LogP contribution >= 0.6 is 23.2 Å². The van der Waals surface area contributed by atoms with Crippen molar-refractivity contribution in [1.82, 2.24) is 4.98 Å². The smallest absolute Gasteiger partial charge is 0.268 e. The normalized spacial score (nSPS) is 10.2. The van der Waals surface area contributed by atoms with Gasteiger partial charge in [-0.15, -0.1) is 0 Å². The van der Waals surface area contributed by atoms with Gasteiger partial charge in [0.25, 0.3) is 5.56 Å². The first-order chi connectivity index (χ1) is 14.4. The number of hydrogen-bond donors (Lipinski definition) is 2. The fourth-order valence-corrected chi connectivity index (χ4v) is 3.33. The molecule has 0 fully saturated rings. The lowest BCUT2D eigenvalue weighted by Crippen LogP contribution is -2.16. The predicted octanol–water partition coefficient (Wildman–Crippen LogP) is 4.26. The molecule has 150 valence electrons. The highest BCUT2D eigenvalue weighted by molar-refractivity contribution is 6.35. The minimum Gasteiger partial charge on any atom is -0.493 e. The molecule has 0 radical (unpaired) electrons. The molecule has 0 aliphatic heterocycles. The molecule has 2 aromatic carbocycles. The van der Waals surface area contributed by atoms with Gasteiger partial charge in [-0.05, 0) is 29.8 Å². The monoisotopic (exact) mass is 440 g/mol. The van der Waals surface area contributed by atoms with Crippen LogP contribution in [0, 0.1) is 22.7 Å². The van der Waals surface area contributed by atoms with E-state index in [-0.39, 0.29) is 29.1 Å². The second-order valence-electron chi connectivity index (χ2n) is 6.11. The van der Waals surface area contributed by atoms with Gasteiger partial charge in [-0.25, -0.2) is 0 Å². The first-order valence-corrected chi connectivity index (χ1v) is 9.26. The van der Waals surface area contributed by atoms with Gasteiger partial charge in [-0.1, -0.05) is 35.3 Å². The summed E-state index contributed by atoms with van der Waals surface area (Å²) < 4.78 is 11.2. The molecule has 7 nitrogen and oxygen atoms in total. The van der Waals surface area contributed by atoms with Gasteiger partial charge in [0.15, 0.2) is 11.5 Å². The number of halogens is 2. The molecule has 0 saturated carbocycles. The zero-order chi connectivity index (χ0) is 21.8. The highest BCUT2D eigenvalue weighted by Gasteiger charge is 2.19. The molecule has 0 spiro atoms. The third kappa shape index (κ3) is 4.04. The summed E-state index contributed by atoms with van der Waals surface area (Å²) in [5.74, 6) is 0.625. The molecular weight excluding hydrogens is 427 g/mol. The summed E-state index contributed by atoms with van der Waals surface area (Å²) in [7, 11) is 1.45. The fraction of sp³-hybridized carbons (Fsp3) is 0.0952. The van der Waals surface area contributed by atoms with Gasteiger partial charge in [0.1, 0.15) is 35.7 Å². The zero-order valence-corrected chi connectivity index (χ0v) is 17.1. The number of nitrogen functional groups attached to an aromatic ring is 1. The number of hydrogen-bond acceptors (Lipinski definition) is 6. The van der Waals surface area contributed by atoms with Crippen molar-refractivity contribution < 1.29 is 9.47 Å². The van der Waals surface area contributed by atoms with E-state index in [2.05, 4.69) is 4.98 Å². The van der Waals surface area contributed by atoms with Gasteiger partial charge in [0, 0.05) is 21.2 Å². The SMILES string of the molecule is COc1cc(-c2c(C#N)c(N)[nH]c(=O)c2C#N)ccc1OCc1ccc(Cl)cc1Cl. The number of nitriles is 2. The van der Waals surface area contributed by atoms with E-state index < -0.39 is 5.56 Å². The third-order valence-electron chi connectivity index (χ3n) is 4.32. The lowest BCUT2D eigenvalue weighted by molar-refractivity contribution is 0.284. The van der Waals surface area contributed by atoms with E-state index in [1.54, 1.807) is 36.4 Å². The van der Waals surface area contributed by atoms with Crippen LogP contribution in [-0.2, 0) is 6.61 Å². The number of aromatic nitrogens is 1. The number of nitrogens with two attached hydrogens (primary N) is 1. The van der Waals surface area contributed by atoms with Crippen LogP contribution in [0.2, 0.25) is 10.0 Å². The van der Waals surface area contributed by atoms with Crippen molar-refractivity contribution in [3.8, 4) is 34.8 Å². The molecule has 3 rings (SSSR count). The highest BCUT2D eigenvalue weighted by atomic mass is 35.5. The van der Waals surface area contributed by atoms with Gasteiger partial charge in [-0.2, -0.15) is 10.5 Å². The minimum absolute atomic E-state index is 0.00480. The molecular formula is C21H14Cl2N4O3. The summed E-state index contributed by atoms with van der Waals surface area (Å²) in [6, 6.07) is 13.6. The van der Waals surface area contributed by atoms with Crippen LogP contribution in [0.4, 0.5) is 5.82 Å². The molecule has 1 heterocycles. The summed E-state index contributed by atoms with van der Waals surface area (Å²) in [4.78, 5) is 14.4. The number of H-pyrrole nitrogens is 1. The summed E-state index contributed by atoms with van der Waals surface area (Å²) in [6.07, 6.45) is 0. The number of aromatic amines is 1. The number of nitrogens with zero attached hydrogens (tertiary/aromatic N) is 2. The van der Waals surface area contributed by atoms with Gasteiger partial charge >= 0.3 is 0 Å². The van der Waals surface area contributed by atoms with Crippen molar-refractivity contribution in [2.75, 3.05) is 12.8 Å². The van der Waals surface area contributed by atoms with E-state index in [4.69, 9.17) is 38.4 Å². The molecule has 3 aromatic rings. The molecule has 0 unspecified atom stereocenters. The Labute approximate surface area is 181 Å². The maximum Gasteiger partial charge on any atom is 0.268 e. The average Bonchev–Trinajstić information content (AvgIpc) is 2.72. The molecule has 0 amide bonds. The molecule has 30 heavy (non-hydrogen) atoms. The number of nitrogens with one attached hydrogen (secondary N) is 1. The summed E-state index contributed by atoms with van der Waals surface area (Å²) in [5.41, 5.74) is 6.14. The Morgan fingerprint density at radius 1 is 1.07 bits per heavy atom. The Balaban J connectivity index is 2.03. The highest BCUT2D eigenvalue weighted by Crippen LogP contribution is 2.36. The maximum absolute atomic E-state index is 12.1. The number of methoxy groups -OCH3 is 1. The van der Waals surface area contributed by atoms with Gasteiger partial charge in [-0.3, -0.25) is 4.79 Å². The van der Waals surface area contributed by atoms with Crippen molar-refractivity contribution in [2.24, 2.45) is 0 Å². The largest absolute Gasteiger partial charge is 0.493 e. The Bertz CT molecular complexity index is 1270. The number of rotatable bonds is 5. The van der Waals surface area contributed by atoms with Crippen molar-refractivity contribution in [3.05, 3.63) is 73.5 Å². The van der Waals surface area contributed by atoms with Crippen LogP contribution in [0.15, 0.2) is 41.2 Å². The van der Waals surface area contributed by atoms with Crippen LogP contribution in [-0.4, -0.2) is 12.1 Å². The summed E-state index contributed by atoms with van der Waals surface area (Å²) >= 11 is 12.1. The lowest BCUT2D eigenvalue weighted by Gasteiger charge is -2.14. The number of ether oxygens (including phenoxy) is 2. The predicted molar refractivity (Wildman–Crippen MR) is 114 cm³/mol. The maximum atomic E-state index is 12.1. The van der Waals surface area contributed by atoms with E-state index in [1.807, 2.05) is 12.1 Å². The molecule has 9 heteroatoms. The van der Waals surface area contributed by atoms with E-state index >= 15 is 0 Å². The average molecular weight is 441 g/mol. The van der Waals surface area contributed by atoms with E-state index in [9.17, 15) is 15.3 Å². The minimum atomic E-state index is -0.680. The van der Waals surface area contributed by atoms with Gasteiger partial charge in [0.05, 0.1) is 7.11 Å². The molecule has 0 bridgehead atoms. The molecule has 3 N–H and O–H groups in total. The first-order valence-electron chi connectivity index (χ1n) is 8.50. The molecule has 0 aliphatic carbocycles. The second-order valence-corrected chi connectivity index (χ2v) is 6.95. The Morgan fingerprint density at radius 2 is 1.80 bits per heavy atom. The number of anilines is 1. The lowest BCUT2D eigenvalue weighted by atomic mass is 9.96. The summed E-state index contributed by atoms with van der Waals surface area (Å²) in [6.45, 7) is 0.163. The van der Waals surface area contributed by atoms with Crippen LogP contribution in [0.5, 0.6) is 11.5 Å². The third-order valence-corrected chi connectivity index (χ3v) is 4.91. The van der Waals surface area contributed by atoms with Crippen LogP contribution in [0.3, 0.4) is 0 Å². The number of pyridine rings is 1. The van der Waals surface area contributed by atoms with Crippen molar-refractivity contribution >= 4 is 29.0 Å². The molecule has 0 saturated heterocycles. The van der Waals surface area contributed by atoms with Gasteiger partial charge in [0.2, 0.25) is 0 Å². The Morgan fingerprint density at radius 3 is 2.43 bits per heavy atom. The summed E-state index contributed by atoms with van der Waals surface area (Å²) in [5, 5.41) is 19.9. The van der Waals surface area contributed by atoms with Gasteiger partial charge < -0.3 is 20.2 Å². The van der Waals surface area contributed by atoms with E-state index in [0.717, 1.165) is 5.56 Å².